The molecule has 2 unspecified atom stereocenters. The minimum atomic E-state index is -0.995. The Morgan fingerprint density at radius 3 is 2.77 bits per heavy atom. The summed E-state index contributed by atoms with van der Waals surface area (Å²) >= 11 is 4.38. The minimum Gasteiger partial charge on any atom is -0.389 e. The lowest BCUT2D eigenvalue weighted by Crippen LogP contribution is -2.19. The first-order chi connectivity index (χ1) is 6.20. The fraction of sp³-hybridized carbons (Fsp3) is 0.375. The highest BCUT2D eigenvalue weighted by Gasteiger charge is 2.20. The number of halogens is 1. The lowest BCUT2D eigenvalue weighted by atomic mass is 10.1. The normalized spacial score (nSPS) is 15.3. The van der Waals surface area contributed by atoms with Crippen LogP contribution in [0.1, 0.15) is 22.0 Å². The Balaban J connectivity index is 2.87. The van der Waals surface area contributed by atoms with Crippen LogP contribution in [0, 0.1) is 0 Å². The Morgan fingerprint density at radius 1 is 1.54 bits per heavy atom. The van der Waals surface area contributed by atoms with Gasteiger partial charge in [-0.05, 0) is 5.38 Å². The van der Waals surface area contributed by atoms with Gasteiger partial charge in [0.05, 0.1) is 6.10 Å². The van der Waals surface area contributed by atoms with Crippen molar-refractivity contribution in [2.75, 3.05) is 5.33 Å². The summed E-state index contributed by atoms with van der Waals surface area (Å²) in [6.45, 7) is 0. The predicted molar refractivity (Wildman–Crippen MR) is 54.5 cm³/mol. The van der Waals surface area contributed by atoms with Crippen molar-refractivity contribution in [3.8, 4) is 0 Å². The lowest BCUT2D eigenvalue weighted by molar-refractivity contribution is 0.0341. The van der Waals surface area contributed by atoms with Crippen LogP contribution in [0.3, 0.4) is 0 Å². The van der Waals surface area contributed by atoms with Gasteiger partial charge in [-0.1, -0.05) is 15.9 Å². The molecule has 1 heterocycles. The molecular weight excluding hydrogens is 256 g/mol. The summed E-state index contributed by atoms with van der Waals surface area (Å²) in [6, 6.07) is 0. The monoisotopic (exact) mass is 264 g/mol. The molecule has 0 amide bonds. The Morgan fingerprint density at radius 2 is 2.23 bits per heavy atom. The average molecular weight is 265 g/mol. The Hall–Kier alpha value is -0.230. The smallest absolute Gasteiger partial charge is 0.151 e. The maximum absolute atomic E-state index is 10.5. The van der Waals surface area contributed by atoms with Gasteiger partial charge in [0.1, 0.15) is 6.10 Å². The first kappa shape index (κ1) is 10.8. The van der Waals surface area contributed by atoms with Crippen molar-refractivity contribution >= 4 is 33.6 Å². The van der Waals surface area contributed by atoms with E-state index in [1.807, 2.05) is 0 Å². The van der Waals surface area contributed by atoms with Crippen LogP contribution in [-0.4, -0.2) is 27.9 Å². The molecule has 1 rings (SSSR count). The molecule has 2 N–H and O–H groups in total. The van der Waals surface area contributed by atoms with Gasteiger partial charge in [-0.25, -0.2) is 0 Å². The number of aliphatic hydroxyl groups is 2. The van der Waals surface area contributed by atoms with E-state index in [1.165, 1.54) is 11.3 Å². The van der Waals surface area contributed by atoms with Crippen molar-refractivity contribution in [2.24, 2.45) is 0 Å². The average Bonchev–Trinajstić information content (AvgIpc) is 2.62. The van der Waals surface area contributed by atoms with Gasteiger partial charge in [-0.15, -0.1) is 0 Å². The maximum Gasteiger partial charge on any atom is 0.151 e. The molecule has 1 aromatic heterocycles. The highest BCUT2D eigenvalue weighted by molar-refractivity contribution is 9.09. The molecule has 0 aliphatic carbocycles. The number of alkyl halides is 1. The van der Waals surface area contributed by atoms with Gasteiger partial charge in [0, 0.05) is 21.8 Å². The number of rotatable bonds is 4. The van der Waals surface area contributed by atoms with Gasteiger partial charge in [-0.2, -0.15) is 11.3 Å². The van der Waals surface area contributed by atoms with Gasteiger partial charge in [0.15, 0.2) is 6.29 Å². The molecule has 0 saturated heterocycles. The van der Waals surface area contributed by atoms with E-state index in [4.69, 9.17) is 0 Å². The zero-order valence-electron chi connectivity index (χ0n) is 6.68. The molecule has 0 aliphatic rings. The number of hydrogen-bond acceptors (Lipinski definition) is 4. The summed E-state index contributed by atoms with van der Waals surface area (Å²) in [4.78, 5) is 10.5. The Bertz CT molecular complexity index is 287. The van der Waals surface area contributed by atoms with Gasteiger partial charge in [0.25, 0.3) is 0 Å². The van der Waals surface area contributed by atoms with Crippen LogP contribution in [0.15, 0.2) is 10.8 Å². The molecule has 1 aromatic rings. The van der Waals surface area contributed by atoms with Crippen LogP contribution in [0.5, 0.6) is 0 Å². The van der Waals surface area contributed by atoms with Crippen LogP contribution in [-0.2, 0) is 0 Å². The largest absolute Gasteiger partial charge is 0.389 e. The van der Waals surface area contributed by atoms with E-state index in [1.54, 1.807) is 10.8 Å². The topological polar surface area (TPSA) is 57.5 Å². The first-order valence-corrected chi connectivity index (χ1v) is 5.70. The third kappa shape index (κ3) is 2.37. The summed E-state index contributed by atoms with van der Waals surface area (Å²) in [5.74, 6) is 0. The van der Waals surface area contributed by atoms with E-state index in [2.05, 4.69) is 15.9 Å². The summed E-state index contributed by atoms with van der Waals surface area (Å²) < 4.78 is 0. The second-order valence-corrected chi connectivity index (χ2v) is 3.96. The summed E-state index contributed by atoms with van der Waals surface area (Å²) in [5, 5.41) is 22.5. The van der Waals surface area contributed by atoms with Crippen LogP contribution >= 0.6 is 27.3 Å². The summed E-state index contributed by atoms with van der Waals surface area (Å²) in [5.41, 5.74) is 0.935. The minimum absolute atomic E-state index is 0.280. The van der Waals surface area contributed by atoms with Crippen molar-refractivity contribution in [1.82, 2.24) is 0 Å². The molecule has 0 saturated carbocycles. The van der Waals surface area contributed by atoms with E-state index in [9.17, 15) is 15.0 Å². The van der Waals surface area contributed by atoms with Crippen molar-refractivity contribution in [3.05, 3.63) is 21.9 Å². The molecule has 0 spiro atoms. The van der Waals surface area contributed by atoms with E-state index in [-0.39, 0.29) is 5.33 Å². The molecule has 0 aromatic carbocycles. The quantitative estimate of drug-likeness (QED) is 0.638. The fourth-order valence-corrected chi connectivity index (χ4v) is 2.13. The van der Waals surface area contributed by atoms with Crippen LogP contribution in [0.2, 0.25) is 0 Å². The van der Waals surface area contributed by atoms with Gasteiger partial charge >= 0.3 is 0 Å². The van der Waals surface area contributed by atoms with Gasteiger partial charge < -0.3 is 10.2 Å². The molecule has 5 heteroatoms. The lowest BCUT2D eigenvalue weighted by Gasteiger charge is -2.14. The number of hydrogen-bond donors (Lipinski definition) is 2. The van der Waals surface area contributed by atoms with Gasteiger partial charge in [0.2, 0.25) is 0 Å². The molecular formula is C8H9BrO3S. The molecule has 2 atom stereocenters. The number of thiophene rings is 1. The second kappa shape index (κ2) is 4.85. The molecule has 3 nitrogen and oxygen atoms in total. The van der Waals surface area contributed by atoms with E-state index in [0.717, 1.165) is 0 Å². The predicted octanol–water partition coefficient (Wildman–Crippen LogP) is 1.35. The Kier molecular flexibility index (Phi) is 4.05. The van der Waals surface area contributed by atoms with E-state index >= 15 is 0 Å². The number of aldehydes is 1. The molecule has 13 heavy (non-hydrogen) atoms. The van der Waals surface area contributed by atoms with Crippen molar-refractivity contribution in [1.29, 1.82) is 0 Å². The van der Waals surface area contributed by atoms with Crippen LogP contribution in [0.25, 0.3) is 0 Å². The standard InChI is InChI=1S/C8H9BrO3S/c9-1-7(11)8(12)6-4-13-3-5(6)2-10/h2-4,7-8,11-12H,1H2. The Labute approximate surface area is 88.1 Å². The van der Waals surface area contributed by atoms with Crippen molar-refractivity contribution in [3.63, 3.8) is 0 Å². The number of carbonyl (C=O) groups excluding carboxylic acids is 1. The molecule has 72 valence electrons. The SMILES string of the molecule is O=Cc1cscc1C(O)C(O)CBr. The summed E-state index contributed by atoms with van der Waals surface area (Å²) in [6.07, 6.45) is -1.20. The fourth-order valence-electron chi connectivity index (χ4n) is 0.945. The molecule has 0 aliphatic heterocycles. The zero-order chi connectivity index (χ0) is 9.84. The highest BCUT2D eigenvalue weighted by Crippen LogP contribution is 2.24. The number of aliphatic hydroxyl groups excluding tert-OH is 2. The third-order valence-electron chi connectivity index (χ3n) is 1.69. The maximum atomic E-state index is 10.5. The number of carbonyl (C=O) groups is 1. The molecule has 0 radical (unpaired) electrons. The zero-order valence-corrected chi connectivity index (χ0v) is 9.09. The molecule has 0 bridgehead atoms. The van der Waals surface area contributed by atoms with Crippen molar-refractivity contribution in [2.45, 2.75) is 12.2 Å². The van der Waals surface area contributed by atoms with E-state index < -0.39 is 12.2 Å². The van der Waals surface area contributed by atoms with Crippen molar-refractivity contribution < 1.29 is 15.0 Å². The summed E-state index contributed by atoms with van der Waals surface area (Å²) in [7, 11) is 0. The first-order valence-electron chi connectivity index (χ1n) is 3.64. The van der Waals surface area contributed by atoms with Crippen LogP contribution in [0.4, 0.5) is 0 Å². The highest BCUT2D eigenvalue weighted by atomic mass is 79.9. The third-order valence-corrected chi connectivity index (χ3v) is 3.13. The van der Waals surface area contributed by atoms with E-state index in [0.29, 0.717) is 17.4 Å². The second-order valence-electron chi connectivity index (χ2n) is 2.57. The van der Waals surface area contributed by atoms with Gasteiger partial charge in [-0.3, -0.25) is 4.79 Å². The molecule has 0 fully saturated rings. The van der Waals surface area contributed by atoms with Crippen LogP contribution < -0.4 is 0 Å².